The maximum absolute atomic E-state index is 10.1. The number of aromatic hydroxyl groups is 1. The lowest BCUT2D eigenvalue weighted by molar-refractivity contribution is 0.155. The van der Waals surface area contributed by atoms with Gasteiger partial charge in [-0.05, 0) is 49.1 Å². The molecule has 128 valence electrons. The number of aryl methyl sites for hydroxylation is 1. The fraction of sp³-hybridized carbons (Fsp3) is 0.333. The number of phenolic OH excluding ortho intramolecular Hbond substituents is 1. The number of aromatic amines is 1. The van der Waals surface area contributed by atoms with Gasteiger partial charge in [-0.3, -0.25) is 4.90 Å². The topological polar surface area (TPSA) is 48.5 Å². The third kappa shape index (κ3) is 2.10. The van der Waals surface area contributed by atoms with Crippen LogP contribution in [-0.2, 0) is 19.4 Å². The molecule has 0 fully saturated rings. The number of rotatable bonds is 1. The summed E-state index contributed by atoms with van der Waals surface area (Å²) in [4.78, 5) is 6.20. The van der Waals surface area contributed by atoms with E-state index < -0.39 is 0 Å². The van der Waals surface area contributed by atoms with Gasteiger partial charge in [0.05, 0.1) is 13.2 Å². The molecule has 5 rings (SSSR count). The molecule has 0 amide bonds. The van der Waals surface area contributed by atoms with E-state index in [1.807, 2.05) is 6.07 Å². The van der Waals surface area contributed by atoms with Crippen LogP contribution in [-0.4, -0.2) is 28.6 Å². The standard InChI is InChI=1S/C21H22N2O2/c1-12-3-5-17-15(9-12)14-7-8-23-11-16-13(10-18(23)20(14)22-17)4-6-19(24)21(16)25-2/h3-6,9,18,22,24H,7-8,10-11H2,1-2H3. The van der Waals surface area contributed by atoms with Crippen molar-refractivity contribution in [2.45, 2.75) is 32.4 Å². The van der Waals surface area contributed by atoms with Crippen LogP contribution in [0.3, 0.4) is 0 Å². The summed E-state index contributed by atoms with van der Waals surface area (Å²) in [6.45, 7) is 4.02. The summed E-state index contributed by atoms with van der Waals surface area (Å²) in [5.74, 6) is 0.868. The van der Waals surface area contributed by atoms with E-state index in [0.29, 0.717) is 11.8 Å². The predicted octanol–water partition coefficient (Wildman–Crippen LogP) is 3.85. The number of nitrogens with one attached hydrogen (secondary N) is 1. The molecule has 4 heteroatoms. The molecule has 2 aromatic carbocycles. The van der Waals surface area contributed by atoms with E-state index in [2.05, 4.69) is 35.0 Å². The summed E-state index contributed by atoms with van der Waals surface area (Å²) in [5.41, 5.74) is 7.81. The zero-order chi connectivity index (χ0) is 17.1. The maximum Gasteiger partial charge on any atom is 0.165 e. The van der Waals surface area contributed by atoms with Gasteiger partial charge in [0.15, 0.2) is 11.5 Å². The van der Waals surface area contributed by atoms with Crippen molar-refractivity contribution in [1.29, 1.82) is 0 Å². The Morgan fingerprint density at radius 2 is 2.08 bits per heavy atom. The first kappa shape index (κ1) is 14.8. The van der Waals surface area contributed by atoms with Gasteiger partial charge in [0.2, 0.25) is 0 Å². The zero-order valence-corrected chi connectivity index (χ0v) is 14.6. The first-order valence-electron chi connectivity index (χ1n) is 8.88. The largest absolute Gasteiger partial charge is 0.504 e. The van der Waals surface area contributed by atoms with Crippen LogP contribution in [0.4, 0.5) is 0 Å². The highest BCUT2D eigenvalue weighted by Crippen LogP contribution is 2.44. The number of ether oxygens (including phenoxy) is 1. The minimum atomic E-state index is 0.235. The van der Waals surface area contributed by atoms with E-state index in [0.717, 1.165) is 31.5 Å². The van der Waals surface area contributed by atoms with Crippen molar-refractivity contribution >= 4 is 10.9 Å². The first-order chi connectivity index (χ1) is 12.2. The highest BCUT2D eigenvalue weighted by Gasteiger charge is 2.35. The number of nitrogens with zero attached hydrogens (tertiary/aromatic N) is 1. The van der Waals surface area contributed by atoms with Gasteiger partial charge in [0.1, 0.15) is 0 Å². The molecule has 0 bridgehead atoms. The minimum Gasteiger partial charge on any atom is -0.504 e. The van der Waals surface area contributed by atoms with E-state index in [1.165, 1.54) is 33.3 Å². The molecule has 25 heavy (non-hydrogen) atoms. The van der Waals surface area contributed by atoms with Crippen LogP contribution in [0.15, 0.2) is 30.3 Å². The molecule has 1 unspecified atom stereocenters. The molecular formula is C21H22N2O2. The minimum absolute atomic E-state index is 0.235. The maximum atomic E-state index is 10.1. The average molecular weight is 334 g/mol. The van der Waals surface area contributed by atoms with E-state index in [1.54, 1.807) is 13.2 Å². The van der Waals surface area contributed by atoms with Gasteiger partial charge in [-0.2, -0.15) is 0 Å². The molecular weight excluding hydrogens is 312 g/mol. The van der Waals surface area contributed by atoms with Crippen molar-refractivity contribution in [3.05, 3.63) is 58.3 Å². The molecule has 2 N–H and O–H groups in total. The van der Waals surface area contributed by atoms with Crippen molar-refractivity contribution in [1.82, 2.24) is 9.88 Å². The van der Waals surface area contributed by atoms with Gasteiger partial charge >= 0.3 is 0 Å². The Hall–Kier alpha value is -2.46. The molecule has 0 saturated heterocycles. The molecule has 3 heterocycles. The second kappa shape index (κ2) is 5.27. The van der Waals surface area contributed by atoms with Gasteiger partial charge in [0, 0.05) is 35.2 Å². The van der Waals surface area contributed by atoms with Crippen LogP contribution < -0.4 is 4.74 Å². The number of hydrogen-bond acceptors (Lipinski definition) is 3. The lowest BCUT2D eigenvalue weighted by Crippen LogP contribution is -2.39. The van der Waals surface area contributed by atoms with Crippen LogP contribution in [0.25, 0.3) is 10.9 Å². The smallest absolute Gasteiger partial charge is 0.165 e. The van der Waals surface area contributed by atoms with Crippen LogP contribution in [0, 0.1) is 6.92 Å². The molecule has 0 saturated carbocycles. The van der Waals surface area contributed by atoms with Gasteiger partial charge in [-0.1, -0.05) is 17.7 Å². The molecule has 1 atom stereocenters. The predicted molar refractivity (Wildman–Crippen MR) is 98.3 cm³/mol. The summed E-state index contributed by atoms with van der Waals surface area (Å²) in [6, 6.07) is 10.9. The third-order valence-electron chi connectivity index (χ3n) is 5.83. The highest BCUT2D eigenvalue weighted by atomic mass is 16.5. The SMILES string of the molecule is COc1c(O)ccc2c1CN1CCc3c([nH]c4ccc(C)cc34)C1C2. The van der Waals surface area contributed by atoms with Gasteiger partial charge < -0.3 is 14.8 Å². The quantitative estimate of drug-likeness (QED) is 0.711. The van der Waals surface area contributed by atoms with Gasteiger partial charge in [0.25, 0.3) is 0 Å². The van der Waals surface area contributed by atoms with E-state index in [9.17, 15) is 5.11 Å². The Balaban J connectivity index is 1.63. The number of phenols is 1. The van der Waals surface area contributed by atoms with E-state index >= 15 is 0 Å². The summed E-state index contributed by atoms with van der Waals surface area (Å²) >= 11 is 0. The summed E-state index contributed by atoms with van der Waals surface area (Å²) in [6.07, 6.45) is 2.01. The Bertz CT molecular complexity index is 989. The number of hydrogen-bond donors (Lipinski definition) is 2. The second-order valence-electron chi connectivity index (χ2n) is 7.26. The van der Waals surface area contributed by atoms with E-state index in [4.69, 9.17) is 4.74 Å². The fourth-order valence-electron chi connectivity index (χ4n) is 4.61. The number of fused-ring (bicyclic) bond motifs is 6. The summed E-state index contributed by atoms with van der Waals surface area (Å²) in [7, 11) is 1.63. The molecule has 2 aliphatic rings. The van der Waals surface area contributed by atoms with Crippen molar-refractivity contribution in [2.75, 3.05) is 13.7 Å². The van der Waals surface area contributed by atoms with Crippen LogP contribution in [0.5, 0.6) is 11.5 Å². The molecule has 0 aliphatic carbocycles. The van der Waals surface area contributed by atoms with Crippen LogP contribution >= 0.6 is 0 Å². The van der Waals surface area contributed by atoms with Gasteiger partial charge in [-0.25, -0.2) is 0 Å². The third-order valence-corrected chi connectivity index (χ3v) is 5.83. The van der Waals surface area contributed by atoms with Crippen molar-refractivity contribution in [3.63, 3.8) is 0 Å². The monoisotopic (exact) mass is 334 g/mol. The van der Waals surface area contributed by atoms with Crippen molar-refractivity contribution in [3.8, 4) is 11.5 Å². The van der Waals surface area contributed by atoms with E-state index in [-0.39, 0.29) is 5.75 Å². The number of H-pyrrole nitrogens is 1. The molecule has 2 aliphatic heterocycles. The fourth-order valence-corrected chi connectivity index (χ4v) is 4.61. The lowest BCUT2D eigenvalue weighted by Gasteiger charge is -2.40. The number of methoxy groups -OCH3 is 1. The highest BCUT2D eigenvalue weighted by molar-refractivity contribution is 5.86. The molecule has 3 aromatic rings. The molecule has 0 spiro atoms. The normalized spacial score (nSPS) is 19.4. The molecule has 0 radical (unpaired) electrons. The van der Waals surface area contributed by atoms with Crippen LogP contribution in [0.1, 0.15) is 34.0 Å². The Kier molecular flexibility index (Phi) is 3.13. The molecule has 4 nitrogen and oxygen atoms in total. The zero-order valence-electron chi connectivity index (χ0n) is 14.6. The van der Waals surface area contributed by atoms with Crippen LogP contribution in [0.2, 0.25) is 0 Å². The van der Waals surface area contributed by atoms with Gasteiger partial charge in [-0.15, -0.1) is 0 Å². The van der Waals surface area contributed by atoms with Crippen molar-refractivity contribution < 1.29 is 9.84 Å². The van der Waals surface area contributed by atoms with Crippen molar-refractivity contribution in [2.24, 2.45) is 0 Å². The lowest BCUT2D eigenvalue weighted by atomic mass is 9.86. The second-order valence-corrected chi connectivity index (χ2v) is 7.26. The molecule has 1 aromatic heterocycles. The first-order valence-corrected chi connectivity index (χ1v) is 8.88. The number of benzene rings is 2. The Morgan fingerprint density at radius 3 is 2.92 bits per heavy atom. The Morgan fingerprint density at radius 1 is 1.20 bits per heavy atom. The summed E-state index contributed by atoms with van der Waals surface area (Å²) < 4.78 is 5.47. The Labute approximate surface area is 147 Å². The number of aromatic nitrogens is 1. The summed E-state index contributed by atoms with van der Waals surface area (Å²) in [5, 5.41) is 11.5. The average Bonchev–Trinajstić information content (AvgIpc) is 2.98.